The Bertz CT molecular complexity index is 997. The van der Waals surface area contributed by atoms with E-state index in [9.17, 15) is 0 Å². The maximum Gasteiger partial charge on any atom is 0.136 e. The van der Waals surface area contributed by atoms with Gasteiger partial charge in [-0.1, -0.05) is 60.7 Å². The summed E-state index contributed by atoms with van der Waals surface area (Å²) in [6, 6.07) is 27.9. The minimum atomic E-state index is 0.336. The number of nitrogens with zero attached hydrogens (tertiary/aromatic N) is 1. The van der Waals surface area contributed by atoms with E-state index < -0.39 is 0 Å². The molecule has 26 heavy (non-hydrogen) atoms. The molecule has 0 saturated heterocycles. The lowest BCUT2D eigenvalue weighted by Crippen LogP contribution is -2.16. The zero-order valence-corrected chi connectivity index (χ0v) is 15.4. The van der Waals surface area contributed by atoms with Crippen molar-refractivity contribution in [1.29, 1.82) is 0 Å². The smallest absolute Gasteiger partial charge is 0.136 e. The van der Waals surface area contributed by atoms with E-state index in [1.807, 2.05) is 24.3 Å². The van der Waals surface area contributed by atoms with Crippen LogP contribution in [-0.4, -0.2) is 19.0 Å². The van der Waals surface area contributed by atoms with E-state index in [0.717, 1.165) is 22.3 Å². The van der Waals surface area contributed by atoms with E-state index in [1.54, 1.807) is 0 Å². The summed E-state index contributed by atoms with van der Waals surface area (Å²) >= 11 is 0. The first-order valence-corrected chi connectivity index (χ1v) is 8.98. The average molecular weight is 341 g/mol. The zero-order valence-electron chi connectivity index (χ0n) is 15.4. The summed E-state index contributed by atoms with van der Waals surface area (Å²) in [6.07, 6.45) is 0. The van der Waals surface area contributed by atoms with Gasteiger partial charge in [0.2, 0.25) is 0 Å². The second-order valence-corrected chi connectivity index (χ2v) is 6.96. The lowest BCUT2D eigenvalue weighted by Gasteiger charge is -2.21. The molecule has 0 aliphatic heterocycles. The van der Waals surface area contributed by atoms with Crippen LogP contribution in [0.25, 0.3) is 33.4 Å². The number of hydrogen-bond donors (Lipinski definition) is 0. The average Bonchev–Trinajstić information content (AvgIpc) is 3.11. The van der Waals surface area contributed by atoms with Gasteiger partial charge in [0.1, 0.15) is 11.3 Å². The van der Waals surface area contributed by atoms with E-state index in [2.05, 4.69) is 80.5 Å². The van der Waals surface area contributed by atoms with Crippen LogP contribution in [0.1, 0.15) is 18.5 Å². The molecule has 0 bridgehead atoms. The quantitative estimate of drug-likeness (QED) is 0.427. The van der Waals surface area contributed by atoms with Crippen molar-refractivity contribution in [3.8, 4) is 22.5 Å². The molecular weight excluding hydrogens is 318 g/mol. The van der Waals surface area contributed by atoms with Gasteiger partial charge >= 0.3 is 0 Å². The van der Waals surface area contributed by atoms with Crippen LogP contribution in [0.5, 0.6) is 0 Å². The van der Waals surface area contributed by atoms with Crippen LogP contribution < -0.4 is 0 Å². The largest absolute Gasteiger partial charge is 0.456 e. The van der Waals surface area contributed by atoms with Gasteiger partial charge in [0.05, 0.1) is 0 Å². The molecule has 1 aromatic heterocycles. The predicted octanol–water partition coefficient (Wildman–Crippen LogP) is 6.39. The molecule has 0 fully saturated rings. The molecule has 130 valence electrons. The minimum absolute atomic E-state index is 0.336. The Morgan fingerprint density at radius 3 is 2.23 bits per heavy atom. The van der Waals surface area contributed by atoms with Crippen molar-refractivity contribution in [1.82, 2.24) is 4.90 Å². The molecule has 2 heteroatoms. The van der Waals surface area contributed by atoms with E-state index in [-0.39, 0.29) is 0 Å². The highest BCUT2D eigenvalue weighted by Gasteiger charge is 2.16. The summed E-state index contributed by atoms with van der Waals surface area (Å²) in [5, 5.41) is 1.13. The predicted molar refractivity (Wildman–Crippen MR) is 109 cm³/mol. The van der Waals surface area contributed by atoms with Crippen molar-refractivity contribution in [2.24, 2.45) is 0 Å². The van der Waals surface area contributed by atoms with Crippen molar-refractivity contribution in [2.45, 2.75) is 13.0 Å². The van der Waals surface area contributed by atoms with E-state index >= 15 is 0 Å². The maximum absolute atomic E-state index is 6.20. The molecule has 0 N–H and O–H groups in total. The summed E-state index contributed by atoms with van der Waals surface area (Å²) in [6.45, 7) is 2.22. The molecule has 0 spiro atoms. The van der Waals surface area contributed by atoms with Gasteiger partial charge in [0, 0.05) is 17.0 Å². The van der Waals surface area contributed by atoms with E-state index in [4.69, 9.17) is 4.42 Å². The monoisotopic (exact) mass is 341 g/mol. The van der Waals surface area contributed by atoms with Crippen LogP contribution in [0.4, 0.5) is 0 Å². The van der Waals surface area contributed by atoms with Gasteiger partial charge in [-0.05, 0) is 55.9 Å². The Kier molecular flexibility index (Phi) is 4.36. The third kappa shape index (κ3) is 3.04. The number of furan rings is 1. The molecule has 1 heterocycles. The maximum atomic E-state index is 6.20. The van der Waals surface area contributed by atoms with Crippen molar-refractivity contribution in [3.05, 3.63) is 84.4 Å². The summed E-state index contributed by atoms with van der Waals surface area (Å²) < 4.78 is 6.20. The third-order valence-electron chi connectivity index (χ3n) is 5.08. The Morgan fingerprint density at radius 1 is 0.769 bits per heavy atom. The van der Waals surface area contributed by atoms with Gasteiger partial charge in [-0.2, -0.15) is 0 Å². The number of benzene rings is 3. The lowest BCUT2D eigenvalue weighted by molar-refractivity contribution is 0.321. The number of para-hydroxylation sites is 1. The molecule has 4 rings (SSSR count). The Labute approximate surface area is 154 Å². The Balaban J connectivity index is 1.92. The van der Waals surface area contributed by atoms with Crippen LogP contribution in [0.15, 0.2) is 83.3 Å². The highest BCUT2D eigenvalue weighted by molar-refractivity contribution is 5.88. The van der Waals surface area contributed by atoms with Gasteiger partial charge in [-0.25, -0.2) is 0 Å². The SMILES string of the molecule is CC(c1ccc(-c2ccccc2)c(-c2cc3ccccc3o2)c1)N(C)C. The van der Waals surface area contributed by atoms with Crippen molar-refractivity contribution >= 4 is 11.0 Å². The standard InChI is InChI=1S/C24H23NO/c1-17(25(2)3)19-13-14-21(18-9-5-4-6-10-18)22(15-19)24-16-20-11-7-8-12-23(20)26-24/h4-17H,1-3H3. The van der Waals surface area contributed by atoms with Gasteiger partial charge in [-0.3, -0.25) is 0 Å². The Hall–Kier alpha value is -2.84. The molecule has 2 nitrogen and oxygen atoms in total. The molecule has 0 amide bonds. The zero-order chi connectivity index (χ0) is 18.1. The van der Waals surface area contributed by atoms with Crippen molar-refractivity contribution in [2.75, 3.05) is 14.1 Å². The topological polar surface area (TPSA) is 16.4 Å². The lowest BCUT2D eigenvalue weighted by atomic mass is 9.94. The summed E-state index contributed by atoms with van der Waals surface area (Å²) in [5.41, 5.74) is 5.74. The first-order chi connectivity index (χ1) is 12.6. The molecule has 0 aliphatic rings. The third-order valence-corrected chi connectivity index (χ3v) is 5.08. The molecule has 3 aromatic carbocycles. The van der Waals surface area contributed by atoms with Crippen molar-refractivity contribution < 1.29 is 4.42 Å². The summed E-state index contributed by atoms with van der Waals surface area (Å²) in [5.74, 6) is 0.915. The van der Waals surface area contributed by atoms with Crippen LogP contribution in [-0.2, 0) is 0 Å². The summed E-state index contributed by atoms with van der Waals surface area (Å²) in [7, 11) is 4.22. The number of fused-ring (bicyclic) bond motifs is 1. The molecule has 4 aromatic rings. The normalized spacial score (nSPS) is 12.6. The van der Waals surface area contributed by atoms with Gasteiger partial charge in [0.25, 0.3) is 0 Å². The second kappa shape index (κ2) is 6.81. The van der Waals surface area contributed by atoms with E-state index in [1.165, 1.54) is 16.7 Å². The van der Waals surface area contributed by atoms with E-state index in [0.29, 0.717) is 6.04 Å². The minimum Gasteiger partial charge on any atom is -0.456 e. The fraction of sp³-hybridized carbons (Fsp3) is 0.167. The fourth-order valence-electron chi connectivity index (χ4n) is 3.31. The highest BCUT2D eigenvalue weighted by Crippen LogP contribution is 2.37. The van der Waals surface area contributed by atoms with Crippen LogP contribution in [0.3, 0.4) is 0 Å². The molecule has 1 atom stereocenters. The number of rotatable bonds is 4. The summed E-state index contributed by atoms with van der Waals surface area (Å²) in [4.78, 5) is 2.22. The Morgan fingerprint density at radius 2 is 1.50 bits per heavy atom. The first kappa shape index (κ1) is 16.6. The van der Waals surface area contributed by atoms with Gasteiger partial charge < -0.3 is 9.32 Å². The van der Waals surface area contributed by atoms with Crippen LogP contribution in [0, 0.1) is 0 Å². The van der Waals surface area contributed by atoms with Crippen molar-refractivity contribution in [3.63, 3.8) is 0 Å². The molecule has 1 unspecified atom stereocenters. The van der Waals surface area contributed by atoms with Crippen LogP contribution in [0.2, 0.25) is 0 Å². The second-order valence-electron chi connectivity index (χ2n) is 6.96. The van der Waals surface area contributed by atoms with Crippen LogP contribution >= 0.6 is 0 Å². The fourth-order valence-corrected chi connectivity index (χ4v) is 3.31. The molecular formula is C24H23NO. The first-order valence-electron chi connectivity index (χ1n) is 8.98. The van der Waals surface area contributed by atoms with Gasteiger partial charge in [0.15, 0.2) is 0 Å². The molecule has 0 radical (unpaired) electrons. The highest BCUT2D eigenvalue weighted by atomic mass is 16.3. The molecule has 0 saturated carbocycles. The van der Waals surface area contributed by atoms with Gasteiger partial charge in [-0.15, -0.1) is 0 Å². The number of hydrogen-bond acceptors (Lipinski definition) is 2. The molecule has 0 aliphatic carbocycles.